The first-order valence-corrected chi connectivity index (χ1v) is 10.6. The molecule has 0 spiro atoms. The number of sulfone groups is 1. The average Bonchev–Trinajstić information content (AvgIpc) is 2.58. The van der Waals surface area contributed by atoms with Crippen LogP contribution in [0.1, 0.15) is 25.7 Å². The van der Waals surface area contributed by atoms with E-state index in [0.29, 0.717) is 6.04 Å². The summed E-state index contributed by atoms with van der Waals surface area (Å²) in [6, 6.07) is 2.29. The average molecular weight is 373 g/mol. The first-order valence-electron chi connectivity index (χ1n) is 8.75. The third-order valence-electron chi connectivity index (χ3n) is 5.06. The highest BCUT2D eigenvalue weighted by molar-refractivity contribution is 7.90. The predicted octanol–water partition coefficient (Wildman–Crippen LogP) is 2.00. The van der Waals surface area contributed by atoms with E-state index in [1.807, 2.05) is 0 Å². The van der Waals surface area contributed by atoms with Gasteiger partial charge in [0.2, 0.25) is 0 Å². The molecule has 140 valence electrons. The molecule has 1 aromatic carbocycles. The Morgan fingerprint density at radius 2 is 1.88 bits per heavy atom. The van der Waals surface area contributed by atoms with Gasteiger partial charge < -0.3 is 10.6 Å². The van der Waals surface area contributed by atoms with Gasteiger partial charge in [-0.2, -0.15) is 0 Å². The molecule has 0 radical (unpaired) electrons. The highest BCUT2D eigenvalue weighted by Crippen LogP contribution is 2.26. The Bertz CT molecular complexity index is 721. The number of hydrogen-bond donors (Lipinski definition) is 2. The fraction of sp³-hybridized carbons (Fsp3) is 0.647. The number of likely N-dealkylation sites (tertiary alicyclic amines) is 1. The number of rotatable bonds is 4. The molecule has 1 aromatic rings. The van der Waals surface area contributed by atoms with Crippen LogP contribution in [0.2, 0.25) is 0 Å². The molecule has 0 bridgehead atoms. The molecule has 2 fully saturated rings. The molecule has 2 N–H and O–H groups in total. The Hall–Kier alpha value is -1.25. The van der Waals surface area contributed by atoms with Crippen molar-refractivity contribution < 1.29 is 17.2 Å². The maximum Gasteiger partial charge on any atom is 0.178 e. The van der Waals surface area contributed by atoms with E-state index < -0.39 is 26.4 Å². The number of nitrogens with one attached hydrogen (secondary N) is 2. The molecule has 5 nitrogen and oxygen atoms in total. The standard InChI is InChI=1S/C17H25F2N3O2S/c1-25(23,24)17-10-14(18)16(9-15(17)19)21-12-3-2-8-22(11-12)13-4-6-20-7-5-13/h9-10,12-13,20-21H,2-8,11H2,1H3. The molecule has 0 saturated carbocycles. The SMILES string of the molecule is CS(=O)(=O)c1cc(F)c(NC2CCCN(C3CCNCC3)C2)cc1F. The molecule has 2 heterocycles. The minimum Gasteiger partial charge on any atom is -0.379 e. The highest BCUT2D eigenvalue weighted by Gasteiger charge is 2.27. The van der Waals surface area contributed by atoms with Crippen molar-refractivity contribution in [2.75, 3.05) is 37.8 Å². The Labute approximate surface area is 147 Å². The number of piperidine rings is 2. The molecule has 2 saturated heterocycles. The molecular formula is C17H25F2N3O2S. The van der Waals surface area contributed by atoms with Crippen LogP contribution in [0.3, 0.4) is 0 Å². The zero-order valence-electron chi connectivity index (χ0n) is 14.4. The predicted molar refractivity (Wildman–Crippen MR) is 93.6 cm³/mol. The van der Waals surface area contributed by atoms with Crippen molar-refractivity contribution in [1.29, 1.82) is 0 Å². The largest absolute Gasteiger partial charge is 0.379 e. The lowest BCUT2D eigenvalue weighted by Gasteiger charge is -2.40. The van der Waals surface area contributed by atoms with Crippen molar-refractivity contribution in [3.63, 3.8) is 0 Å². The second-order valence-electron chi connectivity index (χ2n) is 6.99. The van der Waals surface area contributed by atoms with Crippen LogP contribution in [0.25, 0.3) is 0 Å². The fourth-order valence-electron chi connectivity index (χ4n) is 3.77. The van der Waals surface area contributed by atoms with Gasteiger partial charge in [-0.15, -0.1) is 0 Å². The number of nitrogens with zero attached hydrogens (tertiary/aromatic N) is 1. The maximum atomic E-state index is 14.3. The van der Waals surface area contributed by atoms with Crippen molar-refractivity contribution in [1.82, 2.24) is 10.2 Å². The molecule has 0 amide bonds. The molecule has 2 aliphatic rings. The highest BCUT2D eigenvalue weighted by atomic mass is 32.2. The van der Waals surface area contributed by atoms with Gasteiger partial charge in [0.1, 0.15) is 16.5 Å². The zero-order chi connectivity index (χ0) is 18.0. The van der Waals surface area contributed by atoms with E-state index in [4.69, 9.17) is 0 Å². The van der Waals surface area contributed by atoms with Crippen LogP contribution in [0.15, 0.2) is 17.0 Å². The van der Waals surface area contributed by atoms with E-state index in [9.17, 15) is 17.2 Å². The van der Waals surface area contributed by atoms with Gasteiger partial charge in [-0.25, -0.2) is 17.2 Å². The minimum atomic E-state index is -3.79. The lowest BCUT2D eigenvalue weighted by atomic mass is 9.98. The third kappa shape index (κ3) is 4.48. The van der Waals surface area contributed by atoms with Crippen molar-refractivity contribution >= 4 is 15.5 Å². The molecule has 0 aromatic heterocycles. The molecule has 1 atom stereocenters. The summed E-state index contributed by atoms with van der Waals surface area (Å²) in [5.74, 6) is -1.65. The summed E-state index contributed by atoms with van der Waals surface area (Å²) in [4.78, 5) is 1.83. The van der Waals surface area contributed by atoms with Crippen LogP contribution in [-0.4, -0.2) is 57.8 Å². The zero-order valence-corrected chi connectivity index (χ0v) is 15.2. The minimum absolute atomic E-state index is 0.0293. The summed E-state index contributed by atoms with van der Waals surface area (Å²) in [6.07, 6.45) is 4.98. The van der Waals surface area contributed by atoms with Gasteiger partial charge in [-0.05, 0) is 51.4 Å². The lowest BCUT2D eigenvalue weighted by Crippen LogP contribution is -2.50. The van der Waals surface area contributed by atoms with E-state index in [0.717, 1.165) is 70.3 Å². The number of benzene rings is 1. The number of hydrogen-bond acceptors (Lipinski definition) is 5. The summed E-state index contributed by atoms with van der Waals surface area (Å²) in [6.45, 7) is 3.87. The quantitative estimate of drug-likeness (QED) is 0.845. The molecule has 25 heavy (non-hydrogen) atoms. The van der Waals surface area contributed by atoms with Crippen LogP contribution in [0, 0.1) is 11.6 Å². The van der Waals surface area contributed by atoms with Crippen molar-refractivity contribution in [3.8, 4) is 0 Å². The first-order chi connectivity index (χ1) is 11.8. The summed E-state index contributed by atoms with van der Waals surface area (Å²) < 4.78 is 51.3. The van der Waals surface area contributed by atoms with E-state index in [1.165, 1.54) is 0 Å². The van der Waals surface area contributed by atoms with Crippen LogP contribution >= 0.6 is 0 Å². The topological polar surface area (TPSA) is 61.4 Å². The molecule has 8 heteroatoms. The van der Waals surface area contributed by atoms with E-state index in [1.54, 1.807) is 0 Å². The smallest absolute Gasteiger partial charge is 0.178 e. The number of halogens is 2. The van der Waals surface area contributed by atoms with E-state index in [2.05, 4.69) is 15.5 Å². The van der Waals surface area contributed by atoms with Crippen LogP contribution in [0.5, 0.6) is 0 Å². The molecule has 1 unspecified atom stereocenters. The molecular weight excluding hydrogens is 348 g/mol. The van der Waals surface area contributed by atoms with Crippen LogP contribution < -0.4 is 10.6 Å². The molecule has 0 aliphatic carbocycles. The first kappa shape index (κ1) is 18.5. The van der Waals surface area contributed by atoms with E-state index >= 15 is 0 Å². The summed E-state index contributed by atoms with van der Waals surface area (Å²) in [5, 5.41) is 6.42. The van der Waals surface area contributed by atoms with Gasteiger partial charge in [0.25, 0.3) is 0 Å². The van der Waals surface area contributed by atoms with Gasteiger partial charge in [0.15, 0.2) is 9.84 Å². The monoisotopic (exact) mass is 373 g/mol. The van der Waals surface area contributed by atoms with Gasteiger partial charge in [0.05, 0.1) is 5.69 Å². The van der Waals surface area contributed by atoms with E-state index in [-0.39, 0.29) is 11.7 Å². The summed E-state index contributed by atoms with van der Waals surface area (Å²) >= 11 is 0. The van der Waals surface area contributed by atoms with Crippen molar-refractivity contribution in [2.45, 2.75) is 42.7 Å². The molecule has 2 aliphatic heterocycles. The lowest BCUT2D eigenvalue weighted by molar-refractivity contribution is 0.128. The van der Waals surface area contributed by atoms with Gasteiger partial charge >= 0.3 is 0 Å². The Balaban J connectivity index is 1.70. The van der Waals surface area contributed by atoms with Gasteiger partial charge in [-0.1, -0.05) is 0 Å². The molecule has 3 rings (SSSR count). The van der Waals surface area contributed by atoms with Gasteiger partial charge in [0, 0.05) is 31.0 Å². The summed E-state index contributed by atoms with van der Waals surface area (Å²) in [5.41, 5.74) is 0.0297. The normalized spacial score (nSPS) is 23.6. The Kier molecular flexibility index (Phi) is 5.60. The van der Waals surface area contributed by atoms with Gasteiger partial charge in [-0.3, -0.25) is 4.90 Å². The maximum absolute atomic E-state index is 14.3. The van der Waals surface area contributed by atoms with Crippen LogP contribution in [0.4, 0.5) is 14.5 Å². The second-order valence-corrected chi connectivity index (χ2v) is 8.98. The summed E-state index contributed by atoms with van der Waals surface area (Å²) in [7, 11) is -3.79. The fourth-order valence-corrected chi connectivity index (χ4v) is 4.50. The third-order valence-corrected chi connectivity index (χ3v) is 6.17. The number of anilines is 1. The second kappa shape index (κ2) is 7.55. The Morgan fingerprint density at radius 1 is 1.16 bits per heavy atom. The van der Waals surface area contributed by atoms with Crippen molar-refractivity contribution in [3.05, 3.63) is 23.8 Å². The van der Waals surface area contributed by atoms with Crippen molar-refractivity contribution in [2.24, 2.45) is 0 Å². The van der Waals surface area contributed by atoms with Crippen LogP contribution in [-0.2, 0) is 9.84 Å². The Morgan fingerprint density at radius 3 is 2.56 bits per heavy atom.